The van der Waals surface area contributed by atoms with Crippen LogP contribution < -0.4 is 4.72 Å². The van der Waals surface area contributed by atoms with Crippen molar-refractivity contribution in [2.45, 2.75) is 29.7 Å². The van der Waals surface area contributed by atoms with Crippen molar-refractivity contribution in [3.8, 4) is 22.5 Å². The number of fused-ring (bicyclic) bond motifs is 1. The minimum atomic E-state index is -4.09. The molecule has 0 radical (unpaired) electrons. The summed E-state index contributed by atoms with van der Waals surface area (Å²) in [6.07, 6.45) is 3.90. The number of rotatable bonds is 6. The van der Waals surface area contributed by atoms with E-state index in [0.29, 0.717) is 46.3 Å². The van der Waals surface area contributed by atoms with Crippen molar-refractivity contribution in [1.82, 2.24) is 34.7 Å². The third-order valence-corrected chi connectivity index (χ3v) is 7.33. The molecule has 0 unspecified atom stereocenters. The Morgan fingerprint density at radius 2 is 2.03 bits per heavy atom. The summed E-state index contributed by atoms with van der Waals surface area (Å²) in [6, 6.07) is 4.75. The SMILES string of the molecule is N#CC1(NS(=O)(=O)c2cc(-c3cnccn3)c3cnn(-c4nnc(C(F)F)s4)c3c2)CC1. The molecule has 0 atom stereocenters. The van der Waals surface area contributed by atoms with Crippen LogP contribution in [0, 0.1) is 11.3 Å². The molecule has 0 bridgehead atoms. The molecular weight excluding hydrogens is 462 g/mol. The largest absolute Gasteiger partial charge is 0.291 e. The number of nitrogens with zero attached hydrogens (tertiary/aromatic N) is 7. The van der Waals surface area contributed by atoms with Crippen molar-refractivity contribution < 1.29 is 17.2 Å². The fourth-order valence-electron chi connectivity index (χ4n) is 3.14. The number of hydrogen-bond acceptors (Lipinski definition) is 9. The van der Waals surface area contributed by atoms with Crippen LogP contribution in [0.3, 0.4) is 0 Å². The van der Waals surface area contributed by atoms with Gasteiger partial charge in [0.25, 0.3) is 6.43 Å². The van der Waals surface area contributed by atoms with E-state index in [1.807, 2.05) is 6.07 Å². The molecule has 0 amide bonds. The summed E-state index contributed by atoms with van der Waals surface area (Å²) in [6.45, 7) is 0. The number of nitrogens with one attached hydrogen (secondary N) is 1. The Morgan fingerprint density at radius 1 is 1.22 bits per heavy atom. The molecule has 4 aromatic rings. The molecule has 10 nitrogen and oxygen atoms in total. The number of benzene rings is 1. The molecule has 1 aliphatic rings. The lowest BCUT2D eigenvalue weighted by molar-refractivity contribution is 0.150. The highest BCUT2D eigenvalue weighted by atomic mass is 32.2. The van der Waals surface area contributed by atoms with Crippen LogP contribution in [-0.2, 0) is 10.0 Å². The van der Waals surface area contributed by atoms with Crippen molar-refractivity contribution in [1.29, 1.82) is 5.26 Å². The maximum atomic E-state index is 13.1. The monoisotopic (exact) mass is 474 g/mol. The first-order chi connectivity index (χ1) is 15.3. The van der Waals surface area contributed by atoms with Gasteiger partial charge < -0.3 is 0 Å². The van der Waals surface area contributed by atoms with Crippen LogP contribution in [-0.4, -0.2) is 43.9 Å². The van der Waals surface area contributed by atoms with E-state index >= 15 is 0 Å². The van der Waals surface area contributed by atoms with Crippen molar-refractivity contribution in [2.24, 2.45) is 0 Å². The molecule has 1 N–H and O–H groups in total. The lowest BCUT2D eigenvalue weighted by Gasteiger charge is -2.12. The Morgan fingerprint density at radius 3 is 2.66 bits per heavy atom. The molecule has 3 aromatic heterocycles. The van der Waals surface area contributed by atoms with Crippen LogP contribution in [0.2, 0.25) is 0 Å². The molecule has 5 rings (SSSR count). The van der Waals surface area contributed by atoms with E-state index in [-0.39, 0.29) is 10.0 Å². The number of sulfonamides is 1. The van der Waals surface area contributed by atoms with Crippen LogP contribution >= 0.6 is 11.3 Å². The van der Waals surface area contributed by atoms with E-state index < -0.39 is 27.0 Å². The van der Waals surface area contributed by atoms with E-state index in [9.17, 15) is 22.5 Å². The van der Waals surface area contributed by atoms with Gasteiger partial charge in [-0.15, -0.1) is 10.2 Å². The van der Waals surface area contributed by atoms with Gasteiger partial charge in [-0.3, -0.25) is 9.97 Å². The van der Waals surface area contributed by atoms with Gasteiger partial charge in [-0.2, -0.15) is 15.1 Å². The van der Waals surface area contributed by atoms with Gasteiger partial charge in [0.05, 0.1) is 34.6 Å². The predicted octanol–water partition coefficient (Wildman–Crippen LogP) is 2.61. The first-order valence-electron chi connectivity index (χ1n) is 9.17. The first kappa shape index (κ1) is 20.5. The third-order valence-electron chi connectivity index (χ3n) is 4.90. The summed E-state index contributed by atoms with van der Waals surface area (Å²) in [5.41, 5.74) is -0.0115. The minimum absolute atomic E-state index is 0.0543. The highest BCUT2D eigenvalue weighted by Gasteiger charge is 2.47. The van der Waals surface area contributed by atoms with E-state index in [0.717, 1.165) is 0 Å². The summed E-state index contributed by atoms with van der Waals surface area (Å²) in [4.78, 5) is 8.14. The number of nitriles is 1. The van der Waals surface area contributed by atoms with Crippen LogP contribution in [0.5, 0.6) is 0 Å². The molecule has 0 spiro atoms. The van der Waals surface area contributed by atoms with Crippen molar-refractivity contribution in [2.75, 3.05) is 0 Å². The molecule has 0 aliphatic heterocycles. The zero-order valence-corrected chi connectivity index (χ0v) is 17.6. The lowest BCUT2D eigenvalue weighted by atomic mass is 10.1. The van der Waals surface area contributed by atoms with E-state index in [2.05, 4.69) is 30.0 Å². The number of hydrogen-bond donors (Lipinski definition) is 1. The van der Waals surface area contributed by atoms with Gasteiger partial charge >= 0.3 is 0 Å². The van der Waals surface area contributed by atoms with Gasteiger partial charge in [0.2, 0.25) is 15.2 Å². The van der Waals surface area contributed by atoms with Crippen molar-refractivity contribution in [3.63, 3.8) is 0 Å². The highest BCUT2D eigenvalue weighted by molar-refractivity contribution is 7.89. The molecule has 32 heavy (non-hydrogen) atoms. The molecule has 1 aromatic carbocycles. The van der Waals surface area contributed by atoms with Gasteiger partial charge in [0.1, 0.15) is 5.54 Å². The Labute approximate surface area is 183 Å². The van der Waals surface area contributed by atoms with Crippen LogP contribution in [0.1, 0.15) is 24.3 Å². The number of alkyl halides is 2. The zero-order valence-electron chi connectivity index (χ0n) is 16.0. The van der Waals surface area contributed by atoms with E-state index in [1.165, 1.54) is 41.6 Å². The average Bonchev–Trinajstić information content (AvgIpc) is 3.18. The maximum Gasteiger partial charge on any atom is 0.291 e. The second-order valence-corrected chi connectivity index (χ2v) is 9.74. The first-order valence-corrected chi connectivity index (χ1v) is 11.5. The Kier molecular flexibility index (Phi) is 4.69. The molecule has 1 saturated carbocycles. The fourth-order valence-corrected chi connectivity index (χ4v) is 5.23. The molecule has 1 aliphatic carbocycles. The molecule has 3 heterocycles. The van der Waals surface area contributed by atoms with Gasteiger partial charge in [0.15, 0.2) is 5.01 Å². The molecule has 0 saturated heterocycles. The number of aromatic nitrogens is 6. The second kappa shape index (κ2) is 7.33. The molecule has 14 heteroatoms. The average molecular weight is 474 g/mol. The lowest BCUT2D eigenvalue weighted by Crippen LogP contribution is -2.35. The smallest absolute Gasteiger partial charge is 0.261 e. The Hall–Kier alpha value is -3.41. The van der Waals surface area contributed by atoms with Gasteiger partial charge in [0, 0.05) is 23.3 Å². The Bertz CT molecular complexity index is 1470. The topological polar surface area (TPSA) is 139 Å². The predicted molar refractivity (Wildman–Crippen MR) is 108 cm³/mol. The zero-order chi connectivity index (χ0) is 22.5. The van der Waals surface area contributed by atoms with E-state index in [1.54, 1.807) is 0 Å². The van der Waals surface area contributed by atoms with Crippen molar-refractivity contribution in [3.05, 3.63) is 41.9 Å². The maximum absolute atomic E-state index is 13.1. The molecule has 162 valence electrons. The van der Waals surface area contributed by atoms with Crippen LogP contribution in [0.25, 0.3) is 27.3 Å². The van der Waals surface area contributed by atoms with Crippen LogP contribution in [0.15, 0.2) is 41.8 Å². The van der Waals surface area contributed by atoms with Gasteiger partial charge in [-0.1, -0.05) is 11.3 Å². The summed E-state index contributed by atoms with van der Waals surface area (Å²) >= 11 is 0.644. The Balaban J connectivity index is 1.72. The molecular formula is C18H12F2N8O2S2. The quantitative estimate of drug-likeness (QED) is 0.450. The van der Waals surface area contributed by atoms with Gasteiger partial charge in [-0.05, 0) is 25.0 Å². The summed E-state index contributed by atoms with van der Waals surface area (Å²) in [5, 5.41) is 20.8. The van der Waals surface area contributed by atoms with Gasteiger partial charge in [-0.25, -0.2) is 21.9 Å². The minimum Gasteiger partial charge on any atom is -0.261 e. The standard InChI is InChI=1S/C18H12F2N8O2S2/c19-15(20)16-25-26-17(31-16)28-14-6-10(32(29,30)27-18(9-21)1-2-18)5-11(12(14)7-24-28)13-8-22-3-4-23-13/h3-8,15,27H,1-2H2. The third kappa shape index (κ3) is 3.49. The van der Waals surface area contributed by atoms with Crippen LogP contribution in [0.4, 0.5) is 8.78 Å². The summed E-state index contributed by atoms with van der Waals surface area (Å²) < 4.78 is 55.8. The fraction of sp³-hybridized carbons (Fsp3) is 0.222. The van der Waals surface area contributed by atoms with E-state index in [4.69, 9.17) is 0 Å². The highest BCUT2D eigenvalue weighted by Crippen LogP contribution is 2.38. The molecule has 1 fully saturated rings. The number of halogens is 2. The second-order valence-electron chi connectivity index (χ2n) is 7.07. The normalized spacial score (nSPS) is 15.2. The summed E-state index contributed by atoms with van der Waals surface area (Å²) in [5.74, 6) is 0. The van der Waals surface area contributed by atoms with Crippen molar-refractivity contribution >= 4 is 32.3 Å². The summed E-state index contributed by atoms with van der Waals surface area (Å²) in [7, 11) is -4.09.